The van der Waals surface area contributed by atoms with Crippen LogP contribution in [-0.4, -0.2) is 28.5 Å². The Morgan fingerprint density at radius 2 is 2.06 bits per heavy atom. The summed E-state index contributed by atoms with van der Waals surface area (Å²) in [6, 6.07) is 2.69. The van der Waals surface area contributed by atoms with Gasteiger partial charge in [-0.15, -0.1) is 0 Å². The Balaban J connectivity index is 2.94. The van der Waals surface area contributed by atoms with Crippen molar-refractivity contribution in [3.05, 3.63) is 33.7 Å². The first kappa shape index (κ1) is 13.0. The normalized spacial score (nSPS) is 10.3. The standard InChI is InChI=1S/C11H14N2O4/c1-6(2)8-3-7(4-9(14)13-8)11(17)12-5-10(15)16/h3-4,6H,5H2,1-2H3,(H,12,17)(H,13,14)(H,15,16). The number of aliphatic carboxylic acids is 1. The molecule has 92 valence electrons. The number of hydrogen-bond acceptors (Lipinski definition) is 3. The Morgan fingerprint density at radius 1 is 1.41 bits per heavy atom. The van der Waals surface area contributed by atoms with Gasteiger partial charge < -0.3 is 15.4 Å². The van der Waals surface area contributed by atoms with E-state index in [4.69, 9.17) is 5.11 Å². The number of H-pyrrole nitrogens is 1. The van der Waals surface area contributed by atoms with Gasteiger partial charge in [0.1, 0.15) is 6.54 Å². The number of amides is 1. The largest absolute Gasteiger partial charge is 0.480 e. The van der Waals surface area contributed by atoms with Crippen molar-refractivity contribution in [1.82, 2.24) is 10.3 Å². The van der Waals surface area contributed by atoms with Crippen LogP contribution >= 0.6 is 0 Å². The molecular formula is C11H14N2O4. The van der Waals surface area contributed by atoms with Crippen molar-refractivity contribution < 1.29 is 14.7 Å². The lowest BCUT2D eigenvalue weighted by Crippen LogP contribution is -2.30. The van der Waals surface area contributed by atoms with Gasteiger partial charge in [0, 0.05) is 17.3 Å². The second-order valence-electron chi connectivity index (χ2n) is 3.92. The van der Waals surface area contributed by atoms with Crippen LogP contribution in [0.4, 0.5) is 0 Å². The van der Waals surface area contributed by atoms with Crippen LogP contribution in [0.2, 0.25) is 0 Å². The van der Waals surface area contributed by atoms with Crippen molar-refractivity contribution in [2.45, 2.75) is 19.8 Å². The molecule has 1 amide bonds. The van der Waals surface area contributed by atoms with E-state index in [0.717, 1.165) is 6.07 Å². The second kappa shape index (κ2) is 5.29. The first-order valence-electron chi connectivity index (χ1n) is 5.14. The zero-order valence-corrected chi connectivity index (χ0v) is 9.61. The Labute approximate surface area is 97.7 Å². The van der Waals surface area contributed by atoms with E-state index in [1.807, 2.05) is 13.8 Å². The second-order valence-corrected chi connectivity index (χ2v) is 3.92. The van der Waals surface area contributed by atoms with Gasteiger partial charge in [-0.25, -0.2) is 0 Å². The Kier molecular flexibility index (Phi) is 4.03. The lowest BCUT2D eigenvalue weighted by molar-refractivity contribution is -0.135. The van der Waals surface area contributed by atoms with E-state index in [1.54, 1.807) is 6.07 Å². The molecule has 1 aromatic rings. The molecule has 0 bridgehead atoms. The number of hydrogen-bond donors (Lipinski definition) is 3. The van der Waals surface area contributed by atoms with Gasteiger partial charge in [-0.3, -0.25) is 14.4 Å². The Morgan fingerprint density at radius 3 is 2.59 bits per heavy atom. The fourth-order valence-corrected chi connectivity index (χ4v) is 1.26. The summed E-state index contributed by atoms with van der Waals surface area (Å²) in [6.07, 6.45) is 0. The number of carbonyl (C=O) groups is 2. The number of aromatic amines is 1. The predicted octanol–water partition coefficient (Wildman–Crippen LogP) is 0.313. The van der Waals surface area contributed by atoms with Crippen molar-refractivity contribution in [2.75, 3.05) is 6.54 Å². The third-order valence-electron chi connectivity index (χ3n) is 2.15. The maximum Gasteiger partial charge on any atom is 0.322 e. The zero-order valence-electron chi connectivity index (χ0n) is 9.61. The molecule has 6 nitrogen and oxygen atoms in total. The zero-order chi connectivity index (χ0) is 13.0. The van der Waals surface area contributed by atoms with Crippen molar-refractivity contribution in [2.24, 2.45) is 0 Å². The topological polar surface area (TPSA) is 99.3 Å². The number of pyridine rings is 1. The van der Waals surface area contributed by atoms with Crippen LogP contribution in [0.15, 0.2) is 16.9 Å². The monoisotopic (exact) mass is 238 g/mol. The minimum atomic E-state index is -1.13. The Bertz CT molecular complexity index is 490. The van der Waals surface area contributed by atoms with Gasteiger partial charge in [0.05, 0.1) is 0 Å². The highest BCUT2D eigenvalue weighted by molar-refractivity contribution is 5.95. The molecule has 17 heavy (non-hydrogen) atoms. The minimum absolute atomic E-state index is 0.0786. The van der Waals surface area contributed by atoms with E-state index in [-0.39, 0.29) is 17.0 Å². The highest BCUT2D eigenvalue weighted by atomic mass is 16.4. The summed E-state index contributed by atoms with van der Waals surface area (Å²) < 4.78 is 0. The smallest absolute Gasteiger partial charge is 0.322 e. The summed E-state index contributed by atoms with van der Waals surface area (Å²) in [6.45, 7) is 3.29. The summed E-state index contributed by atoms with van der Waals surface area (Å²) in [7, 11) is 0. The van der Waals surface area contributed by atoms with E-state index in [1.165, 1.54) is 0 Å². The molecule has 0 saturated carbocycles. The number of carboxylic acids is 1. The summed E-state index contributed by atoms with van der Waals surface area (Å²) >= 11 is 0. The highest BCUT2D eigenvalue weighted by Crippen LogP contribution is 2.10. The van der Waals surface area contributed by atoms with Crippen LogP contribution in [-0.2, 0) is 4.79 Å². The molecule has 0 saturated heterocycles. The van der Waals surface area contributed by atoms with Crippen molar-refractivity contribution in [3.63, 3.8) is 0 Å². The predicted molar refractivity (Wildman–Crippen MR) is 61.1 cm³/mol. The van der Waals surface area contributed by atoms with Gasteiger partial charge in [0.2, 0.25) is 5.56 Å². The van der Waals surface area contributed by atoms with Gasteiger partial charge in [0.25, 0.3) is 5.91 Å². The third kappa shape index (κ3) is 3.75. The average molecular weight is 238 g/mol. The minimum Gasteiger partial charge on any atom is -0.480 e. The number of rotatable bonds is 4. The molecular weight excluding hydrogens is 224 g/mol. The van der Waals surface area contributed by atoms with E-state index in [0.29, 0.717) is 5.69 Å². The number of nitrogens with one attached hydrogen (secondary N) is 2. The summed E-state index contributed by atoms with van der Waals surface area (Å²) in [5.74, 6) is -1.62. The summed E-state index contributed by atoms with van der Waals surface area (Å²) in [5.41, 5.74) is 0.424. The SMILES string of the molecule is CC(C)c1cc(C(=O)NCC(=O)O)cc(=O)[nH]1. The van der Waals surface area contributed by atoms with E-state index >= 15 is 0 Å². The van der Waals surface area contributed by atoms with Crippen LogP contribution in [0.3, 0.4) is 0 Å². The van der Waals surface area contributed by atoms with Crippen LogP contribution < -0.4 is 10.9 Å². The molecule has 1 rings (SSSR count). The Hall–Kier alpha value is -2.11. The molecule has 0 aliphatic rings. The maximum absolute atomic E-state index is 11.5. The molecule has 3 N–H and O–H groups in total. The van der Waals surface area contributed by atoms with E-state index in [2.05, 4.69) is 10.3 Å². The lowest BCUT2D eigenvalue weighted by atomic mass is 10.1. The first-order valence-corrected chi connectivity index (χ1v) is 5.14. The van der Waals surface area contributed by atoms with E-state index in [9.17, 15) is 14.4 Å². The van der Waals surface area contributed by atoms with Gasteiger partial charge >= 0.3 is 5.97 Å². The first-order chi connectivity index (χ1) is 7.90. The van der Waals surface area contributed by atoms with E-state index < -0.39 is 18.4 Å². The van der Waals surface area contributed by atoms with Gasteiger partial charge in [-0.05, 0) is 12.0 Å². The van der Waals surface area contributed by atoms with Crippen LogP contribution in [0.5, 0.6) is 0 Å². The molecule has 0 spiro atoms. The quantitative estimate of drug-likeness (QED) is 0.703. The van der Waals surface area contributed by atoms with Crippen LogP contribution in [0.1, 0.15) is 35.8 Å². The van der Waals surface area contributed by atoms with Gasteiger partial charge in [-0.2, -0.15) is 0 Å². The van der Waals surface area contributed by atoms with Gasteiger partial charge in [-0.1, -0.05) is 13.8 Å². The fourth-order valence-electron chi connectivity index (χ4n) is 1.26. The molecule has 1 heterocycles. The average Bonchev–Trinajstić information content (AvgIpc) is 2.24. The molecule has 0 atom stereocenters. The number of carbonyl (C=O) groups excluding carboxylic acids is 1. The molecule has 1 aromatic heterocycles. The summed E-state index contributed by atoms with van der Waals surface area (Å²) in [5, 5.41) is 10.6. The van der Waals surface area contributed by atoms with Gasteiger partial charge in [0.15, 0.2) is 0 Å². The van der Waals surface area contributed by atoms with Crippen molar-refractivity contribution >= 4 is 11.9 Å². The summed E-state index contributed by atoms with van der Waals surface area (Å²) in [4.78, 5) is 35.8. The maximum atomic E-state index is 11.5. The molecule has 0 radical (unpaired) electrons. The third-order valence-corrected chi connectivity index (χ3v) is 2.15. The fraction of sp³-hybridized carbons (Fsp3) is 0.364. The highest BCUT2D eigenvalue weighted by Gasteiger charge is 2.10. The van der Waals surface area contributed by atoms with Crippen LogP contribution in [0, 0.1) is 0 Å². The van der Waals surface area contributed by atoms with Crippen molar-refractivity contribution in [3.8, 4) is 0 Å². The molecule has 6 heteroatoms. The number of carboxylic acid groups (broad SMARTS) is 1. The lowest BCUT2D eigenvalue weighted by Gasteiger charge is -2.07. The van der Waals surface area contributed by atoms with Crippen LogP contribution in [0.25, 0.3) is 0 Å². The molecule has 0 aliphatic heterocycles. The molecule has 0 fully saturated rings. The number of aromatic nitrogens is 1. The molecule has 0 unspecified atom stereocenters. The molecule has 0 aliphatic carbocycles. The van der Waals surface area contributed by atoms with Crippen molar-refractivity contribution in [1.29, 1.82) is 0 Å². The molecule has 0 aromatic carbocycles.